The van der Waals surface area contributed by atoms with E-state index in [1.165, 1.54) is 0 Å². The van der Waals surface area contributed by atoms with E-state index in [2.05, 4.69) is 6.92 Å². The zero-order chi connectivity index (χ0) is 10.8. The van der Waals surface area contributed by atoms with E-state index in [0.29, 0.717) is 0 Å². The lowest BCUT2D eigenvalue weighted by Crippen LogP contribution is -2.08. The fraction of sp³-hybridized carbons (Fsp3) is 0.462. The molecule has 1 aliphatic carbocycles. The van der Waals surface area contributed by atoms with E-state index in [0.717, 1.165) is 36.8 Å². The second kappa shape index (κ2) is 4.05. The van der Waals surface area contributed by atoms with Gasteiger partial charge in [-0.1, -0.05) is 25.8 Å². The highest BCUT2D eigenvalue weighted by atomic mass is 16.3. The van der Waals surface area contributed by atoms with Gasteiger partial charge in [0.2, 0.25) is 0 Å². The average molecular weight is 204 g/mol. The summed E-state index contributed by atoms with van der Waals surface area (Å²) in [6.45, 7) is 2.14. The quantitative estimate of drug-likeness (QED) is 0.821. The van der Waals surface area contributed by atoms with E-state index in [1.54, 1.807) is 12.1 Å². The van der Waals surface area contributed by atoms with Crippen LogP contribution in [0.5, 0.6) is 5.75 Å². The molecule has 2 nitrogen and oxygen atoms in total. The molecule has 15 heavy (non-hydrogen) atoms. The molecule has 0 amide bonds. The van der Waals surface area contributed by atoms with Gasteiger partial charge in [0.15, 0.2) is 5.78 Å². The molecule has 0 spiro atoms. The van der Waals surface area contributed by atoms with E-state index in [-0.39, 0.29) is 17.5 Å². The van der Waals surface area contributed by atoms with Crippen molar-refractivity contribution in [1.82, 2.24) is 0 Å². The lowest BCUT2D eigenvalue weighted by molar-refractivity contribution is 0.0929. The number of carbonyl (C=O) groups is 1. The van der Waals surface area contributed by atoms with Gasteiger partial charge in [0.1, 0.15) is 5.75 Å². The lowest BCUT2D eigenvalue weighted by Gasteiger charge is -2.05. The van der Waals surface area contributed by atoms with Gasteiger partial charge in [0, 0.05) is 11.5 Å². The van der Waals surface area contributed by atoms with Crippen molar-refractivity contribution in [2.75, 3.05) is 0 Å². The van der Waals surface area contributed by atoms with Gasteiger partial charge in [-0.05, 0) is 30.5 Å². The molecule has 0 radical (unpaired) electrons. The van der Waals surface area contributed by atoms with Crippen molar-refractivity contribution in [1.29, 1.82) is 0 Å². The maximum Gasteiger partial charge on any atom is 0.166 e. The summed E-state index contributed by atoms with van der Waals surface area (Å²) in [5, 5.41) is 9.32. The van der Waals surface area contributed by atoms with Crippen LogP contribution in [0, 0.1) is 5.92 Å². The van der Waals surface area contributed by atoms with Crippen LogP contribution >= 0.6 is 0 Å². The Kier molecular flexibility index (Phi) is 2.76. The number of unbranched alkanes of at least 4 members (excludes halogenated alkanes) is 1. The summed E-state index contributed by atoms with van der Waals surface area (Å²) in [5.41, 5.74) is 1.83. The molecular weight excluding hydrogens is 188 g/mol. The molecule has 1 N–H and O–H groups in total. The summed E-state index contributed by atoms with van der Waals surface area (Å²) in [6, 6.07) is 5.13. The summed E-state index contributed by atoms with van der Waals surface area (Å²) >= 11 is 0. The highest BCUT2D eigenvalue weighted by Gasteiger charge is 2.29. The standard InChI is InChI=1S/C13H16O2/c1-2-3-4-10-7-9-5-6-11(14)8-12(9)13(10)15/h5-6,8,10,14H,2-4,7H2,1H3. The molecule has 0 saturated heterocycles. The van der Waals surface area contributed by atoms with Gasteiger partial charge in [-0.15, -0.1) is 0 Å². The van der Waals surface area contributed by atoms with E-state index in [4.69, 9.17) is 0 Å². The Bertz CT molecular complexity index is 382. The molecule has 80 valence electrons. The second-order valence-corrected chi connectivity index (χ2v) is 4.25. The lowest BCUT2D eigenvalue weighted by atomic mass is 9.98. The fourth-order valence-corrected chi connectivity index (χ4v) is 2.23. The molecule has 0 bridgehead atoms. The Morgan fingerprint density at radius 1 is 1.47 bits per heavy atom. The molecule has 1 aromatic rings. The van der Waals surface area contributed by atoms with Crippen LogP contribution in [-0.2, 0) is 6.42 Å². The molecule has 0 heterocycles. The summed E-state index contributed by atoms with van der Waals surface area (Å²) in [7, 11) is 0. The van der Waals surface area contributed by atoms with Crippen LogP contribution < -0.4 is 0 Å². The molecule has 0 fully saturated rings. The molecule has 0 saturated carbocycles. The third-order valence-corrected chi connectivity index (χ3v) is 3.10. The number of benzene rings is 1. The molecule has 1 aromatic carbocycles. The zero-order valence-corrected chi connectivity index (χ0v) is 8.99. The van der Waals surface area contributed by atoms with Crippen LogP contribution in [0.15, 0.2) is 18.2 Å². The van der Waals surface area contributed by atoms with Crippen LogP contribution in [0.2, 0.25) is 0 Å². The minimum Gasteiger partial charge on any atom is -0.508 e. The molecule has 0 aromatic heterocycles. The number of phenolic OH excluding ortho intramolecular Hbond substituents is 1. The smallest absolute Gasteiger partial charge is 0.166 e. The first kappa shape index (κ1) is 10.2. The van der Waals surface area contributed by atoms with Crippen LogP contribution in [0.1, 0.15) is 42.1 Å². The highest BCUT2D eigenvalue weighted by Crippen LogP contribution is 2.31. The summed E-state index contributed by atoms with van der Waals surface area (Å²) in [5.74, 6) is 0.564. The molecule has 1 aliphatic rings. The van der Waals surface area contributed by atoms with Gasteiger partial charge >= 0.3 is 0 Å². The molecule has 1 unspecified atom stereocenters. The topological polar surface area (TPSA) is 37.3 Å². The monoisotopic (exact) mass is 204 g/mol. The fourth-order valence-electron chi connectivity index (χ4n) is 2.23. The number of aromatic hydroxyl groups is 1. The number of ketones is 1. The van der Waals surface area contributed by atoms with E-state index >= 15 is 0 Å². The SMILES string of the molecule is CCCCC1Cc2ccc(O)cc2C1=O. The van der Waals surface area contributed by atoms with Crippen molar-refractivity contribution < 1.29 is 9.90 Å². The molecule has 1 atom stereocenters. The van der Waals surface area contributed by atoms with Crippen molar-refractivity contribution in [3.63, 3.8) is 0 Å². The number of phenols is 1. The van der Waals surface area contributed by atoms with Gasteiger partial charge in [-0.25, -0.2) is 0 Å². The van der Waals surface area contributed by atoms with Gasteiger partial charge in [-0.3, -0.25) is 4.79 Å². The van der Waals surface area contributed by atoms with Gasteiger partial charge < -0.3 is 5.11 Å². The predicted octanol–water partition coefficient (Wildman–Crippen LogP) is 2.94. The number of fused-ring (bicyclic) bond motifs is 1. The van der Waals surface area contributed by atoms with Gasteiger partial charge in [-0.2, -0.15) is 0 Å². The normalized spacial score (nSPS) is 19.3. The van der Waals surface area contributed by atoms with E-state index in [9.17, 15) is 9.90 Å². The minimum absolute atomic E-state index is 0.154. The van der Waals surface area contributed by atoms with Crippen molar-refractivity contribution in [3.8, 4) is 5.75 Å². The first-order chi connectivity index (χ1) is 7.22. The number of hydrogen-bond donors (Lipinski definition) is 1. The first-order valence-electron chi connectivity index (χ1n) is 5.58. The van der Waals surface area contributed by atoms with Gasteiger partial charge in [0.25, 0.3) is 0 Å². The molecule has 2 heteroatoms. The van der Waals surface area contributed by atoms with E-state index < -0.39 is 0 Å². The largest absolute Gasteiger partial charge is 0.508 e. The Balaban J connectivity index is 2.18. The zero-order valence-electron chi connectivity index (χ0n) is 8.99. The second-order valence-electron chi connectivity index (χ2n) is 4.25. The van der Waals surface area contributed by atoms with Crippen molar-refractivity contribution in [3.05, 3.63) is 29.3 Å². The predicted molar refractivity (Wildman–Crippen MR) is 59.2 cm³/mol. The van der Waals surface area contributed by atoms with Crippen molar-refractivity contribution >= 4 is 5.78 Å². The van der Waals surface area contributed by atoms with Crippen LogP contribution in [0.3, 0.4) is 0 Å². The summed E-state index contributed by atoms with van der Waals surface area (Å²) in [4.78, 5) is 11.9. The maximum absolute atomic E-state index is 11.9. The number of hydrogen-bond acceptors (Lipinski definition) is 2. The first-order valence-corrected chi connectivity index (χ1v) is 5.58. The van der Waals surface area contributed by atoms with Crippen molar-refractivity contribution in [2.24, 2.45) is 5.92 Å². The molecular formula is C13H16O2. The van der Waals surface area contributed by atoms with Crippen molar-refractivity contribution in [2.45, 2.75) is 32.6 Å². The Morgan fingerprint density at radius 3 is 3.00 bits per heavy atom. The Morgan fingerprint density at radius 2 is 2.27 bits per heavy atom. The third kappa shape index (κ3) is 1.89. The highest BCUT2D eigenvalue weighted by molar-refractivity contribution is 6.02. The molecule has 2 rings (SSSR count). The average Bonchev–Trinajstić information content (AvgIpc) is 2.53. The summed E-state index contributed by atoms with van der Waals surface area (Å²) < 4.78 is 0. The maximum atomic E-state index is 11.9. The third-order valence-electron chi connectivity index (χ3n) is 3.10. The minimum atomic E-state index is 0.154. The van der Waals surface area contributed by atoms with E-state index in [1.807, 2.05) is 6.07 Å². The summed E-state index contributed by atoms with van der Waals surface area (Å²) in [6.07, 6.45) is 4.07. The number of rotatable bonds is 3. The van der Waals surface area contributed by atoms with Gasteiger partial charge in [0.05, 0.1) is 0 Å². The van der Waals surface area contributed by atoms with Crippen LogP contribution in [0.4, 0.5) is 0 Å². The Hall–Kier alpha value is -1.31. The number of carbonyl (C=O) groups excluding carboxylic acids is 1. The van der Waals surface area contributed by atoms with Crippen LogP contribution in [-0.4, -0.2) is 10.9 Å². The van der Waals surface area contributed by atoms with Crippen LogP contribution in [0.25, 0.3) is 0 Å². The Labute approximate surface area is 89.9 Å². The molecule has 0 aliphatic heterocycles. The number of Topliss-reactive ketones (excluding diaryl/α,β-unsaturated/α-hetero) is 1.